The first-order valence-electron chi connectivity index (χ1n) is 28.6. The predicted octanol–water partition coefficient (Wildman–Crippen LogP) is -2.16. The quantitative estimate of drug-likeness (QED) is 0.0193. The standard InChI is InChI=1S/C56H94N14O14S/c1-28(2)20-35(57)46(74)64-39(21-29(3)4)49(77)63-38(17-19-85-10)48(76)70-45(32(9)73)54(82)67-41(23-31(7)8)50(78)62-37(16-13-18-60-56(58)59)47(75)65-40(22-30(5)6)51(79)66-42(24-33-25-61-36-15-12-11-14-34(33)36)52(80)68-43(26-71)53(81)69-44(27-72)55(83)84/h11-12,14-15,25,28-32,35,37-45,61,71-73H,13,16-24,26-27,57H2,1-10H3,(H,62,78)(H,63,77)(H,64,74)(H,65,75)(H,66,79)(H,67,82)(H,68,80)(H,69,81)(H,70,76)(H,83,84)(H4,58,59,60)/t32-,35+,37+,38+,39+,40+,41+,42+,43+,44+,45+/m1/s1. The van der Waals surface area contributed by atoms with Gasteiger partial charge in [-0.25, -0.2) is 4.79 Å². The van der Waals surface area contributed by atoms with E-state index in [0.29, 0.717) is 28.6 Å². The zero-order valence-electron chi connectivity index (χ0n) is 50.5. The van der Waals surface area contributed by atoms with Crippen LogP contribution in [0.5, 0.6) is 0 Å². The van der Waals surface area contributed by atoms with Crippen molar-refractivity contribution in [3.8, 4) is 0 Å². The van der Waals surface area contributed by atoms with Crippen molar-refractivity contribution in [2.24, 2.45) is 45.9 Å². The number of fused-ring (bicyclic) bond motifs is 1. The van der Waals surface area contributed by atoms with Crippen molar-refractivity contribution in [1.29, 1.82) is 0 Å². The molecule has 85 heavy (non-hydrogen) atoms. The van der Waals surface area contributed by atoms with Gasteiger partial charge in [-0.05, 0) is 99.2 Å². The minimum atomic E-state index is -1.77. The first kappa shape index (κ1) is 74.0. The molecule has 0 spiro atoms. The molecule has 0 aliphatic heterocycles. The summed E-state index contributed by atoms with van der Waals surface area (Å²) in [5.74, 6) is -9.73. The molecule has 0 bridgehead atoms. The Morgan fingerprint density at radius 3 is 1.44 bits per heavy atom. The van der Waals surface area contributed by atoms with E-state index in [9.17, 15) is 68.4 Å². The van der Waals surface area contributed by atoms with Crippen LogP contribution in [0.1, 0.15) is 113 Å². The average Bonchev–Trinajstić information content (AvgIpc) is 3.38. The van der Waals surface area contributed by atoms with Crippen LogP contribution in [0.4, 0.5) is 0 Å². The molecule has 1 heterocycles. The van der Waals surface area contributed by atoms with Crippen LogP contribution in [0.3, 0.4) is 0 Å². The Morgan fingerprint density at radius 1 is 0.541 bits per heavy atom. The van der Waals surface area contributed by atoms with Gasteiger partial charge >= 0.3 is 5.97 Å². The van der Waals surface area contributed by atoms with Gasteiger partial charge in [-0.1, -0.05) is 73.6 Å². The number of thioether (sulfide) groups is 1. The first-order chi connectivity index (χ1) is 39.9. The minimum Gasteiger partial charge on any atom is -0.480 e. The minimum absolute atomic E-state index is 0.00609. The first-order valence-corrected chi connectivity index (χ1v) is 30.0. The van der Waals surface area contributed by atoms with Gasteiger partial charge in [-0.3, -0.25) is 48.1 Å². The molecule has 0 saturated heterocycles. The van der Waals surface area contributed by atoms with Crippen molar-refractivity contribution < 1.29 is 68.4 Å². The molecule has 0 aliphatic carbocycles. The van der Waals surface area contributed by atoms with Crippen LogP contribution in [0, 0.1) is 23.7 Å². The molecule has 9 amide bonds. The van der Waals surface area contributed by atoms with E-state index in [1.54, 1.807) is 64.4 Å². The molecule has 0 saturated carbocycles. The van der Waals surface area contributed by atoms with Crippen LogP contribution < -0.4 is 65.1 Å². The number of nitrogens with two attached hydrogens (primary N) is 3. The molecule has 1 aromatic carbocycles. The number of carbonyl (C=O) groups is 10. The number of hydrogen-bond donors (Lipinski definition) is 17. The lowest BCUT2D eigenvalue weighted by Gasteiger charge is -2.29. The van der Waals surface area contributed by atoms with Crippen molar-refractivity contribution in [2.45, 2.75) is 180 Å². The Morgan fingerprint density at radius 2 is 0.953 bits per heavy atom. The number of H-pyrrole nitrogens is 1. The Kier molecular flexibility index (Phi) is 32.5. The molecule has 0 fully saturated rings. The molecule has 28 nitrogen and oxygen atoms in total. The second-order valence-corrected chi connectivity index (χ2v) is 23.8. The van der Waals surface area contributed by atoms with Crippen molar-refractivity contribution in [2.75, 3.05) is 31.8 Å². The van der Waals surface area contributed by atoms with Gasteiger partial charge in [-0.15, -0.1) is 0 Å². The Hall–Kier alpha value is -7.08. The van der Waals surface area contributed by atoms with Crippen molar-refractivity contribution in [1.82, 2.24) is 52.8 Å². The number of nitrogens with one attached hydrogen (secondary N) is 10. The second-order valence-electron chi connectivity index (χ2n) is 22.8. The number of amides is 9. The summed E-state index contributed by atoms with van der Waals surface area (Å²) >= 11 is 1.38. The largest absolute Gasteiger partial charge is 0.480 e. The summed E-state index contributed by atoms with van der Waals surface area (Å²) in [5.41, 5.74) is 18.5. The fourth-order valence-electron chi connectivity index (χ4n) is 8.94. The van der Waals surface area contributed by atoms with E-state index in [0.717, 1.165) is 0 Å². The van der Waals surface area contributed by atoms with Gasteiger partial charge in [0.25, 0.3) is 0 Å². The Labute approximate surface area is 501 Å². The molecule has 2 rings (SSSR count). The average molecular weight is 1220 g/mol. The number of aliphatic carboxylic acids is 1. The normalized spacial score (nSPS) is 15.4. The summed E-state index contributed by atoms with van der Waals surface area (Å²) in [6.45, 7) is 13.8. The SMILES string of the molecule is CSCC[C@H](NC(=O)[C@H](CC(C)C)NC(=O)[C@@H](N)CC(C)C)C(=O)N[C@H](C(=O)N[C@@H](CC(C)C)C(=O)N[C@@H](CCCN=C(N)N)C(=O)N[C@@H](CC(C)C)C(=O)N[C@@H](Cc1c[nH]c2ccccc12)C(=O)N[C@@H](CO)C(=O)N[C@@H](CO)C(=O)O)[C@@H](C)O. The highest BCUT2D eigenvalue weighted by atomic mass is 32.2. The number of carboxylic acid groups (broad SMARTS) is 1. The van der Waals surface area contributed by atoms with Gasteiger partial charge < -0.3 is 90.5 Å². The molecule has 0 aliphatic rings. The number of aliphatic hydroxyl groups excluding tert-OH is 3. The molecule has 20 N–H and O–H groups in total. The Balaban J connectivity index is 2.51. The topological polar surface area (TPSA) is 466 Å². The molecule has 478 valence electrons. The summed E-state index contributed by atoms with van der Waals surface area (Å²) in [6.07, 6.45) is 2.27. The number of hydrogen-bond acceptors (Lipinski definition) is 16. The zero-order valence-corrected chi connectivity index (χ0v) is 51.3. The highest BCUT2D eigenvalue weighted by Gasteiger charge is 2.37. The second kappa shape index (κ2) is 37.4. The number of rotatable bonds is 39. The number of nitrogens with zero attached hydrogens (tertiary/aromatic N) is 1. The zero-order chi connectivity index (χ0) is 64.2. The van der Waals surface area contributed by atoms with Gasteiger partial charge in [0.15, 0.2) is 5.96 Å². The molecule has 29 heteroatoms. The maximum Gasteiger partial charge on any atom is 0.328 e. The van der Waals surface area contributed by atoms with E-state index in [1.165, 1.54) is 18.7 Å². The number of aliphatic imine (C=N–C) groups is 1. The van der Waals surface area contributed by atoms with Gasteiger partial charge in [-0.2, -0.15) is 11.8 Å². The fourth-order valence-corrected chi connectivity index (χ4v) is 9.41. The third-order valence-corrected chi connectivity index (χ3v) is 14.0. The van der Waals surface area contributed by atoms with E-state index >= 15 is 0 Å². The molecule has 0 unspecified atom stereocenters. The third-order valence-electron chi connectivity index (χ3n) is 13.3. The van der Waals surface area contributed by atoms with Gasteiger partial charge in [0.1, 0.15) is 54.4 Å². The number of benzene rings is 1. The summed E-state index contributed by atoms with van der Waals surface area (Å²) in [7, 11) is 0. The van der Waals surface area contributed by atoms with Gasteiger partial charge in [0.05, 0.1) is 25.4 Å². The highest BCUT2D eigenvalue weighted by Crippen LogP contribution is 2.20. The molecule has 0 radical (unpaired) electrons. The number of carbonyl (C=O) groups excluding carboxylic acids is 9. The number of para-hydroxylation sites is 1. The van der Waals surface area contributed by atoms with E-state index in [1.807, 2.05) is 33.0 Å². The lowest BCUT2D eigenvalue weighted by molar-refractivity contribution is -0.143. The number of carboxylic acids is 1. The molecule has 11 atom stereocenters. The van der Waals surface area contributed by atoms with Gasteiger partial charge in [0, 0.05) is 30.1 Å². The summed E-state index contributed by atoms with van der Waals surface area (Å²) in [6, 6.07) is -7.01. The molecular formula is C56H94N14O14S. The summed E-state index contributed by atoms with van der Waals surface area (Å²) < 4.78 is 0. The van der Waals surface area contributed by atoms with Crippen LogP contribution in [-0.2, 0) is 54.4 Å². The molecule has 2 aromatic rings. The van der Waals surface area contributed by atoms with Crippen molar-refractivity contribution in [3.05, 3.63) is 36.0 Å². The highest BCUT2D eigenvalue weighted by molar-refractivity contribution is 7.98. The molecule has 1 aromatic heterocycles. The van der Waals surface area contributed by atoms with E-state index in [2.05, 4.69) is 52.5 Å². The predicted molar refractivity (Wildman–Crippen MR) is 322 cm³/mol. The molecular weight excluding hydrogens is 1120 g/mol. The van der Waals surface area contributed by atoms with E-state index in [4.69, 9.17) is 17.2 Å². The number of aromatic amines is 1. The van der Waals surface area contributed by atoms with Gasteiger partial charge in [0.2, 0.25) is 53.2 Å². The number of aromatic nitrogens is 1. The lowest BCUT2D eigenvalue weighted by Crippen LogP contribution is -2.62. The monoisotopic (exact) mass is 1220 g/mol. The van der Waals surface area contributed by atoms with Crippen LogP contribution in [0.2, 0.25) is 0 Å². The smallest absolute Gasteiger partial charge is 0.328 e. The summed E-state index contributed by atoms with van der Waals surface area (Å²) in [5, 5.41) is 63.6. The van der Waals surface area contributed by atoms with Crippen LogP contribution in [-0.4, -0.2) is 189 Å². The fraction of sp³-hybridized carbons (Fsp3) is 0.661. The van der Waals surface area contributed by atoms with E-state index in [-0.39, 0.29) is 81.1 Å². The Bertz CT molecular complexity index is 2560. The maximum atomic E-state index is 14.5. The maximum absolute atomic E-state index is 14.5. The van der Waals surface area contributed by atoms with Crippen molar-refractivity contribution in [3.63, 3.8) is 0 Å². The number of aliphatic hydroxyl groups is 3. The number of guanidine groups is 1. The summed E-state index contributed by atoms with van der Waals surface area (Å²) in [4.78, 5) is 144. The van der Waals surface area contributed by atoms with Crippen LogP contribution in [0.25, 0.3) is 10.9 Å². The lowest BCUT2D eigenvalue weighted by atomic mass is 9.99. The van der Waals surface area contributed by atoms with Crippen LogP contribution >= 0.6 is 11.8 Å². The van der Waals surface area contributed by atoms with E-state index < -0.39 is 139 Å². The third kappa shape index (κ3) is 26.4. The van der Waals surface area contributed by atoms with Crippen LogP contribution in [0.15, 0.2) is 35.5 Å². The van der Waals surface area contributed by atoms with Crippen molar-refractivity contribution >= 4 is 87.8 Å².